The van der Waals surface area contributed by atoms with Crippen LogP contribution in [0.2, 0.25) is 0 Å². The Hall–Kier alpha value is -0.370. The Morgan fingerprint density at radius 2 is 1.83 bits per heavy atom. The van der Waals surface area contributed by atoms with Gasteiger partial charge in [0.05, 0.1) is 6.42 Å². The van der Waals surface area contributed by atoms with Crippen molar-refractivity contribution in [2.45, 2.75) is 24.2 Å². The fourth-order valence-electron chi connectivity index (χ4n) is 0.574. The van der Waals surface area contributed by atoms with Crippen LogP contribution in [-0.2, 0) is 14.3 Å². The molecule has 12 heavy (non-hydrogen) atoms. The molecule has 1 aliphatic heterocycles. The van der Waals surface area contributed by atoms with Crippen molar-refractivity contribution in [1.29, 1.82) is 0 Å². The molecule has 0 N–H and O–H groups in total. The SMILES string of the molecule is O=S1(=O)OC1CC(F)(F)C(F)F. The molecule has 1 aliphatic rings. The zero-order chi connectivity index (χ0) is 9.57. The van der Waals surface area contributed by atoms with Gasteiger partial charge in [0.25, 0.3) is 10.1 Å². The normalized spacial score (nSPS) is 27.6. The van der Waals surface area contributed by atoms with Crippen LogP contribution in [0.3, 0.4) is 0 Å². The van der Waals surface area contributed by atoms with Gasteiger partial charge in [-0.05, 0) is 0 Å². The first-order chi connectivity index (χ1) is 5.26. The molecule has 0 aromatic rings. The number of alkyl halides is 4. The lowest BCUT2D eigenvalue weighted by Crippen LogP contribution is -2.28. The molecule has 0 aliphatic carbocycles. The summed E-state index contributed by atoms with van der Waals surface area (Å²) in [6.45, 7) is 0. The van der Waals surface area contributed by atoms with Gasteiger partial charge in [-0.1, -0.05) is 0 Å². The molecular weight excluding hydrogens is 204 g/mol. The second-order valence-electron chi connectivity index (χ2n) is 2.28. The lowest BCUT2D eigenvalue weighted by atomic mass is 10.2. The lowest BCUT2D eigenvalue weighted by Gasteiger charge is -2.11. The highest BCUT2D eigenvalue weighted by atomic mass is 32.2. The molecule has 0 amide bonds. The molecule has 0 saturated carbocycles. The Labute approximate surface area is 65.4 Å². The van der Waals surface area contributed by atoms with Crippen LogP contribution < -0.4 is 0 Å². The maximum Gasteiger partial charge on any atom is 0.311 e. The summed E-state index contributed by atoms with van der Waals surface area (Å²) in [5.41, 5.74) is -1.76. The topological polar surface area (TPSA) is 46.7 Å². The van der Waals surface area contributed by atoms with Gasteiger partial charge in [-0.15, -0.1) is 0 Å². The maximum atomic E-state index is 12.1. The van der Waals surface area contributed by atoms with Crippen LogP contribution in [0.15, 0.2) is 0 Å². The Bertz CT molecular complexity index is 272. The van der Waals surface area contributed by atoms with E-state index < -0.39 is 34.3 Å². The van der Waals surface area contributed by atoms with E-state index in [9.17, 15) is 26.0 Å². The number of hydrogen-bond acceptors (Lipinski definition) is 3. The van der Waals surface area contributed by atoms with Gasteiger partial charge in [0.15, 0.2) is 0 Å². The van der Waals surface area contributed by atoms with Crippen molar-refractivity contribution in [2.75, 3.05) is 0 Å². The van der Waals surface area contributed by atoms with Gasteiger partial charge < -0.3 is 0 Å². The first-order valence-electron chi connectivity index (χ1n) is 2.84. The van der Waals surface area contributed by atoms with E-state index in [1.165, 1.54) is 0 Å². The van der Waals surface area contributed by atoms with E-state index in [0.717, 1.165) is 0 Å². The van der Waals surface area contributed by atoms with E-state index in [2.05, 4.69) is 4.18 Å². The highest BCUT2D eigenvalue weighted by molar-refractivity contribution is 7.92. The highest BCUT2D eigenvalue weighted by Gasteiger charge is 2.55. The smallest absolute Gasteiger partial charge is 0.245 e. The molecule has 1 fully saturated rings. The molecule has 1 unspecified atom stereocenters. The average Bonchev–Trinajstić information content (AvgIpc) is 2.37. The third-order valence-electron chi connectivity index (χ3n) is 1.28. The van der Waals surface area contributed by atoms with Crippen molar-refractivity contribution in [2.24, 2.45) is 0 Å². The van der Waals surface area contributed by atoms with Gasteiger partial charge in [0.2, 0.25) is 5.44 Å². The Morgan fingerprint density at radius 1 is 1.42 bits per heavy atom. The van der Waals surface area contributed by atoms with Crippen LogP contribution in [0, 0.1) is 0 Å². The van der Waals surface area contributed by atoms with Gasteiger partial charge in [-0.2, -0.15) is 8.42 Å². The summed E-state index contributed by atoms with van der Waals surface area (Å²) in [4.78, 5) is 0. The molecule has 72 valence electrons. The summed E-state index contributed by atoms with van der Waals surface area (Å²) in [6, 6.07) is 0. The Kier molecular flexibility index (Phi) is 2.07. The maximum absolute atomic E-state index is 12.1. The molecule has 1 saturated heterocycles. The molecule has 0 aromatic carbocycles. The van der Waals surface area contributed by atoms with Crippen molar-refractivity contribution in [3.05, 3.63) is 0 Å². The third-order valence-corrected chi connectivity index (χ3v) is 2.50. The van der Waals surface area contributed by atoms with E-state index in [1.807, 2.05) is 0 Å². The second-order valence-corrected chi connectivity index (χ2v) is 3.99. The quantitative estimate of drug-likeness (QED) is 0.512. The van der Waals surface area contributed by atoms with Crippen molar-refractivity contribution in [3.8, 4) is 0 Å². The van der Waals surface area contributed by atoms with Crippen molar-refractivity contribution >= 4 is 10.1 Å². The van der Waals surface area contributed by atoms with Gasteiger partial charge in [-0.25, -0.2) is 21.7 Å². The van der Waals surface area contributed by atoms with Crippen LogP contribution in [0.5, 0.6) is 0 Å². The standard InChI is InChI=1S/C4H4F4O3S/c5-3(6)4(7,8)1-2-11-12(2,9)10/h2-3H,1H2. The van der Waals surface area contributed by atoms with Gasteiger partial charge in [0, 0.05) is 0 Å². The highest BCUT2D eigenvalue weighted by Crippen LogP contribution is 2.37. The minimum atomic E-state index is -4.30. The van der Waals surface area contributed by atoms with Crippen molar-refractivity contribution in [3.63, 3.8) is 0 Å². The number of rotatable bonds is 3. The largest absolute Gasteiger partial charge is 0.311 e. The summed E-state index contributed by atoms with van der Waals surface area (Å²) >= 11 is 0. The van der Waals surface area contributed by atoms with E-state index in [4.69, 9.17) is 0 Å². The summed E-state index contributed by atoms with van der Waals surface area (Å²) in [5.74, 6) is -4.30. The summed E-state index contributed by atoms with van der Waals surface area (Å²) in [5, 5.41) is 0. The third kappa shape index (κ3) is 1.86. The summed E-state index contributed by atoms with van der Waals surface area (Å²) in [7, 11) is -3.94. The Morgan fingerprint density at radius 3 is 2.08 bits per heavy atom. The molecule has 1 rings (SSSR count). The number of halogens is 4. The summed E-state index contributed by atoms with van der Waals surface area (Å²) < 4.78 is 71.2. The van der Waals surface area contributed by atoms with Crippen molar-refractivity contribution in [1.82, 2.24) is 0 Å². The molecule has 0 bridgehead atoms. The summed E-state index contributed by atoms with van der Waals surface area (Å²) in [6.07, 6.45) is -5.34. The molecule has 8 heteroatoms. The molecule has 0 aromatic heterocycles. The fourth-order valence-corrected chi connectivity index (χ4v) is 1.51. The van der Waals surface area contributed by atoms with Crippen LogP contribution in [0.4, 0.5) is 17.6 Å². The predicted molar refractivity (Wildman–Crippen MR) is 29.4 cm³/mol. The van der Waals surface area contributed by atoms with Crippen LogP contribution in [0.25, 0.3) is 0 Å². The first-order valence-corrected chi connectivity index (χ1v) is 4.31. The van der Waals surface area contributed by atoms with Crippen molar-refractivity contribution < 1.29 is 30.2 Å². The molecule has 1 atom stereocenters. The van der Waals surface area contributed by atoms with Gasteiger partial charge >= 0.3 is 12.3 Å². The van der Waals surface area contributed by atoms with Crippen LogP contribution >= 0.6 is 0 Å². The molecule has 3 nitrogen and oxygen atoms in total. The Balaban J connectivity index is 2.53. The zero-order valence-electron chi connectivity index (χ0n) is 5.51. The molecular formula is C4H4F4O3S. The van der Waals surface area contributed by atoms with Gasteiger partial charge in [-0.3, -0.25) is 0 Å². The van der Waals surface area contributed by atoms with Gasteiger partial charge in [0.1, 0.15) is 0 Å². The number of hydrogen-bond donors (Lipinski definition) is 0. The zero-order valence-corrected chi connectivity index (χ0v) is 6.32. The predicted octanol–water partition coefficient (Wildman–Crippen LogP) is 0.963. The minimum absolute atomic E-state index is 1.48. The van der Waals surface area contributed by atoms with E-state index in [1.54, 1.807) is 0 Å². The molecule has 1 heterocycles. The van der Waals surface area contributed by atoms with E-state index in [0.29, 0.717) is 0 Å². The van der Waals surface area contributed by atoms with E-state index in [-0.39, 0.29) is 0 Å². The molecule has 0 radical (unpaired) electrons. The van der Waals surface area contributed by atoms with Crippen LogP contribution in [0.1, 0.15) is 6.42 Å². The van der Waals surface area contributed by atoms with E-state index >= 15 is 0 Å². The first kappa shape index (κ1) is 9.72. The molecule has 0 spiro atoms. The minimum Gasteiger partial charge on any atom is -0.245 e. The second kappa shape index (κ2) is 2.56. The monoisotopic (exact) mass is 208 g/mol. The average molecular weight is 208 g/mol. The van der Waals surface area contributed by atoms with Crippen LogP contribution in [-0.4, -0.2) is 26.2 Å². The lowest BCUT2D eigenvalue weighted by molar-refractivity contribution is -0.135. The fraction of sp³-hybridized carbons (Fsp3) is 1.00.